The molecule has 0 amide bonds. The van der Waals surface area contributed by atoms with Crippen molar-refractivity contribution in [2.75, 3.05) is 47.5 Å². The number of rotatable bonds is 39. The maximum Gasteiger partial charge on any atom is 0.472 e. The number of nitrogens with zero attached hydrogens (tertiary/aromatic N) is 1. The summed E-state index contributed by atoms with van der Waals surface area (Å²) < 4.78 is 34.2. The van der Waals surface area contributed by atoms with Gasteiger partial charge in [-0.05, 0) is 38.5 Å². The normalized spacial score (nSPS) is 13.7. The van der Waals surface area contributed by atoms with Crippen molar-refractivity contribution in [3.8, 4) is 0 Å². The van der Waals surface area contributed by atoms with Gasteiger partial charge in [-0.25, -0.2) is 4.57 Å². The molecule has 0 saturated carbocycles. The molecule has 0 aliphatic rings. The third-order valence-corrected chi connectivity index (χ3v) is 10.3. The number of carbonyl (C=O) groups is 2. The summed E-state index contributed by atoms with van der Waals surface area (Å²) in [6, 6.07) is 0. The maximum absolute atomic E-state index is 12.7. The molecule has 0 aromatic heterocycles. The predicted molar refractivity (Wildman–Crippen MR) is 215 cm³/mol. The molecule has 2 atom stereocenters. The zero-order chi connectivity index (χ0) is 38.6. The van der Waals surface area contributed by atoms with Crippen LogP contribution in [0.5, 0.6) is 0 Å². The molecule has 0 aromatic rings. The molecule has 1 N–H and O–H groups in total. The third kappa shape index (κ3) is 38.5. The molecule has 0 radical (unpaired) electrons. The zero-order valence-electron chi connectivity index (χ0n) is 34.6. The molecule has 0 fully saturated rings. The van der Waals surface area contributed by atoms with E-state index in [-0.39, 0.29) is 32.0 Å². The minimum absolute atomic E-state index is 0.0335. The van der Waals surface area contributed by atoms with Crippen molar-refractivity contribution in [3.63, 3.8) is 0 Å². The van der Waals surface area contributed by atoms with Crippen LogP contribution in [0.3, 0.4) is 0 Å². The van der Waals surface area contributed by atoms with Crippen LogP contribution in [0, 0.1) is 0 Å². The molecular formula is C42H83NO8P+. The van der Waals surface area contributed by atoms with Gasteiger partial charge < -0.3 is 18.9 Å². The molecule has 0 aliphatic heterocycles. The second kappa shape index (κ2) is 35.5. The molecule has 0 bridgehead atoms. The standard InChI is InChI=1S/C42H82NO8P/c1-6-8-10-12-14-16-18-20-21-22-23-25-27-29-31-33-35-42(45)51-40(39-50-52(46,47)49-37-36-43(3,4)5)38-48-41(44)34-32-30-28-26-24-19-17-15-13-11-9-7-2/h15,17,40H,6-14,16,18-39H2,1-5H3/p+1/b17-15-/t40-/m1/s1. The van der Waals surface area contributed by atoms with Gasteiger partial charge in [0.05, 0.1) is 27.7 Å². The Balaban J connectivity index is 4.35. The number of phosphoric acid groups is 1. The lowest BCUT2D eigenvalue weighted by Crippen LogP contribution is -2.37. The van der Waals surface area contributed by atoms with Gasteiger partial charge in [-0.3, -0.25) is 18.6 Å². The quantitative estimate of drug-likeness (QED) is 0.0217. The lowest BCUT2D eigenvalue weighted by Gasteiger charge is -2.24. The van der Waals surface area contributed by atoms with Crippen LogP contribution < -0.4 is 0 Å². The van der Waals surface area contributed by atoms with Crippen LogP contribution in [0.25, 0.3) is 0 Å². The average molecular weight is 761 g/mol. The van der Waals surface area contributed by atoms with Crippen LogP contribution in [0.15, 0.2) is 12.2 Å². The average Bonchev–Trinajstić information content (AvgIpc) is 3.09. The van der Waals surface area contributed by atoms with E-state index in [1.807, 2.05) is 21.1 Å². The van der Waals surface area contributed by atoms with E-state index in [1.54, 1.807) is 0 Å². The topological polar surface area (TPSA) is 108 Å². The highest BCUT2D eigenvalue weighted by molar-refractivity contribution is 7.47. The van der Waals surface area contributed by atoms with Gasteiger partial charge in [0.15, 0.2) is 6.10 Å². The number of hydrogen-bond acceptors (Lipinski definition) is 7. The Hall–Kier alpha value is -1.25. The van der Waals surface area contributed by atoms with E-state index in [4.69, 9.17) is 18.5 Å². The van der Waals surface area contributed by atoms with Gasteiger partial charge in [0, 0.05) is 12.8 Å². The first-order chi connectivity index (χ1) is 25.0. The first kappa shape index (κ1) is 50.8. The van der Waals surface area contributed by atoms with Crippen LogP contribution in [-0.2, 0) is 32.7 Å². The molecule has 0 saturated heterocycles. The minimum atomic E-state index is -4.37. The molecule has 0 spiro atoms. The molecule has 0 rings (SSSR count). The number of phosphoric ester groups is 1. The number of ether oxygens (including phenoxy) is 2. The van der Waals surface area contributed by atoms with Crippen molar-refractivity contribution < 1.29 is 42.1 Å². The molecule has 9 nitrogen and oxygen atoms in total. The summed E-state index contributed by atoms with van der Waals surface area (Å²) in [6.45, 7) is 4.40. The van der Waals surface area contributed by atoms with E-state index >= 15 is 0 Å². The Morgan fingerprint density at radius 2 is 0.981 bits per heavy atom. The Bertz CT molecular complexity index is 907. The van der Waals surface area contributed by atoms with Crippen molar-refractivity contribution in [1.29, 1.82) is 0 Å². The summed E-state index contributed by atoms with van der Waals surface area (Å²) in [5.41, 5.74) is 0. The van der Waals surface area contributed by atoms with Gasteiger partial charge in [0.2, 0.25) is 0 Å². The van der Waals surface area contributed by atoms with Crippen LogP contribution in [0.4, 0.5) is 0 Å². The van der Waals surface area contributed by atoms with Crippen LogP contribution >= 0.6 is 7.82 Å². The summed E-state index contributed by atoms with van der Waals surface area (Å²) in [4.78, 5) is 35.3. The third-order valence-electron chi connectivity index (χ3n) is 9.30. The largest absolute Gasteiger partial charge is 0.472 e. The number of quaternary nitrogens is 1. The number of esters is 2. The Morgan fingerprint density at radius 3 is 1.46 bits per heavy atom. The lowest BCUT2D eigenvalue weighted by molar-refractivity contribution is -0.870. The maximum atomic E-state index is 12.7. The van der Waals surface area contributed by atoms with Crippen molar-refractivity contribution in [2.45, 2.75) is 200 Å². The van der Waals surface area contributed by atoms with Crippen molar-refractivity contribution >= 4 is 19.8 Å². The van der Waals surface area contributed by atoms with Gasteiger partial charge in [0.1, 0.15) is 19.8 Å². The first-order valence-electron chi connectivity index (χ1n) is 21.4. The molecule has 1 unspecified atom stereocenters. The number of unbranched alkanes of at least 4 members (excludes halogenated alkanes) is 23. The Labute approximate surface area is 320 Å². The highest BCUT2D eigenvalue weighted by atomic mass is 31.2. The molecular weight excluding hydrogens is 677 g/mol. The molecule has 0 heterocycles. The van der Waals surface area contributed by atoms with Gasteiger partial charge in [0.25, 0.3) is 0 Å². The zero-order valence-corrected chi connectivity index (χ0v) is 35.5. The smallest absolute Gasteiger partial charge is 0.462 e. The second-order valence-electron chi connectivity index (χ2n) is 15.7. The number of carbonyl (C=O) groups excluding carboxylic acids is 2. The monoisotopic (exact) mass is 761 g/mol. The molecule has 0 aromatic carbocycles. The number of likely N-dealkylation sites (N-methyl/N-ethyl adjacent to an activating group) is 1. The lowest BCUT2D eigenvalue weighted by atomic mass is 10.0. The number of hydrogen-bond donors (Lipinski definition) is 1. The van der Waals surface area contributed by atoms with Crippen LogP contribution in [-0.4, -0.2) is 74.9 Å². The van der Waals surface area contributed by atoms with E-state index in [9.17, 15) is 19.0 Å². The fraction of sp³-hybridized carbons (Fsp3) is 0.905. The van der Waals surface area contributed by atoms with Crippen LogP contribution in [0.2, 0.25) is 0 Å². The van der Waals surface area contributed by atoms with Gasteiger partial charge in [-0.2, -0.15) is 0 Å². The summed E-state index contributed by atoms with van der Waals surface area (Å²) in [7, 11) is 1.48. The summed E-state index contributed by atoms with van der Waals surface area (Å²) in [5, 5.41) is 0. The van der Waals surface area contributed by atoms with Crippen LogP contribution in [0.1, 0.15) is 194 Å². The number of allylic oxidation sites excluding steroid dienone is 2. The summed E-state index contributed by atoms with van der Waals surface area (Å²) >= 11 is 0. The summed E-state index contributed by atoms with van der Waals surface area (Å²) in [5.74, 6) is -0.801. The van der Waals surface area contributed by atoms with Crippen molar-refractivity contribution in [2.24, 2.45) is 0 Å². The van der Waals surface area contributed by atoms with E-state index < -0.39 is 26.5 Å². The van der Waals surface area contributed by atoms with E-state index in [0.29, 0.717) is 17.4 Å². The predicted octanol–water partition coefficient (Wildman–Crippen LogP) is 11.8. The van der Waals surface area contributed by atoms with E-state index in [0.717, 1.165) is 51.4 Å². The molecule has 0 aliphatic carbocycles. The van der Waals surface area contributed by atoms with Gasteiger partial charge >= 0.3 is 19.8 Å². The van der Waals surface area contributed by atoms with E-state index in [2.05, 4.69) is 26.0 Å². The van der Waals surface area contributed by atoms with Gasteiger partial charge in [-0.15, -0.1) is 0 Å². The van der Waals surface area contributed by atoms with E-state index in [1.165, 1.54) is 109 Å². The highest BCUT2D eigenvalue weighted by Gasteiger charge is 2.27. The second-order valence-corrected chi connectivity index (χ2v) is 17.2. The molecule has 308 valence electrons. The summed E-state index contributed by atoms with van der Waals surface area (Å²) in [6.07, 6.45) is 35.4. The van der Waals surface area contributed by atoms with Crippen molar-refractivity contribution in [1.82, 2.24) is 0 Å². The highest BCUT2D eigenvalue weighted by Crippen LogP contribution is 2.43. The molecule has 10 heteroatoms. The SMILES string of the molecule is CCCCC/C=C\CCCCCCCC(=O)OC[C@H](COP(=O)(O)OCC[N+](C)(C)C)OC(=O)CCCCCCCCCCCCCCCCCC. The fourth-order valence-corrected chi connectivity index (χ4v) is 6.63. The molecule has 52 heavy (non-hydrogen) atoms. The Morgan fingerprint density at radius 1 is 0.577 bits per heavy atom. The minimum Gasteiger partial charge on any atom is -0.462 e. The first-order valence-corrected chi connectivity index (χ1v) is 22.9. The fourth-order valence-electron chi connectivity index (χ4n) is 5.89. The Kier molecular flexibility index (Phi) is 34.6. The van der Waals surface area contributed by atoms with Gasteiger partial charge in [-0.1, -0.05) is 154 Å². The van der Waals surface area contributed by atoms with Crippen molar-refractivity contribution in [3.05, 3.63) is 12.2 Å².